The number of benzene rings is 2. The summed E-state index contributed by atoms with van der Waals surface area (Å²) >= 11 is 6.37. The van der Waals surface area contributed by atoms with Gasteiger partial charge >= 0.3 is 5.97 Å². The van der Waals surface area contributed by atoms with E-state index in [0.717, 1.165) is 48.2 Å². The zero-order valence-electron chi connectivity index (χ0n) is 15.3. The number of esters is 1. The van der Waals surface area contributed by atoms with Crippen LogP contribution in [0.25, 0.3) is 11.1 Å². The third-order valence-electron chi connectivity index (χ3n) is 5.45. The summed E-state index contributed by atoms with van der Waals surface area (Å²) in [6.45, 7) is 5.57. The molecule has 0 radical (unpaired) electrons. The Morgan fingerprint density at radius 1 is 1.04 bits per heavy atom. The maximum absolute atomic E-state index is 13.6. The SMILES string of the molecule is CC(C)OC(=O)[C@]1(N2CCCCC2)c2ccccc2-c2ccc(Cl)cc21. The van der Waals surface area contributed by atoms with Crippen LogP contribution in [-0.4, -0.2) is 30.1 Å². The summed E-state index contributed by atoms with van der Waals surface area (Å²) in [6.07, 6.45) is 3.22. The molecule has 1 atom stereocenters. The van der Waals surface area contributed by atoms with Crippen molar-refractivity contribution in [2.45, 2.75) is 44.8 Å². The minimum atomic E-state index is -0.901. The van der Waals surface area contributed by atoms with Crippen molar-refractivity contribution >= 4 is 17.6 Å². The summed E-state index contributed by atoms with van der Waals surface area (Å²) in [5.41, 5.74) is 3.26. The molecule has 1 fully saturated rings. The Hall–Kier alpha value is -1.84. The number of halogens is 1. The normalized spacial score (nSPS) is 22.2. The molecule has 26 heavy (non-hydrogen) atoms. The molecule has 136 valence electrons. The molecule has 0 aromatic heterocycles. The Labute approximate surface area is 159 Å². The van der Waals surface area contributed by atoms with Crippen LogP contribution in [0.4, 0.5) is 0 Å². The minimum absolute atomic E-state index is 0.167. The summed E-state index contributed by atoms with van der Waals surface area (Å²) in [7, 11) is 0. The highest BCUT2D eigenvalue weighted by molar-refractivity contribution is 6.30. The molecular formula is C22H24ClNO2. The van der Waals surface area contributed by atoms with Gasteiger partial charge < -0.3 is 4.74 Å². The number of nitrogens with zero attached hydrogens (tertiary/aromatic N) is 1. The van der Waals surface area contributed by atoms with Crippen molar-refractivity contribution in [1.29, 1.82) is 0 Å². The highest BCUT2D eigenvalue weighted by Crippen LogP contribution is 2.52. The Kier molecular flexibility index (Phi) is 4.54. The van der Waals surface area contributed by atoms with Crippen molar-refractivity contribution in [3.05, 3.63) is 58.6 Å². The number of carbonyl (C=O) groups excluding carboxylic acids is 1. The maximum Gasteiger partial charge on any atom is 0.336 e. The van der Waals surface area contributed by atoms with E-state index in [4.69, 9.17) is 16.3 Å². The molecule has 0 bridgehead atoms. The fourth-order valence-electron chi connectivity index (χ4n) is 4.45. The van der Waals surface area contributed by atoms with Gasteiger partial charge in [0.05, 0.1) is 6.10 Å². The average molecular weight is 370 g/mol. The van der Waals surface area contributed by atoms with Crippen molar-refractivity contribution in [3.8, 4) is 11.1 Å². The third kappa shape index (κ3) is 2.57. The topological polar surface area (TPSA) is 29.5 Å². The zero-order chi connectivity index (χ0) is 18.3. The number of hydrogen-bond acceptors (Lipinski definition) is 3. The second kappa shape index (κ2) is 6.71. The number of hydrogen-bond donors (Lipinski definition) is 0. The van der Waals surface area contributed by atoms with Gasteiger partial charge in [-0.2, -0.15) is 0 Å². The van der Waals surface area contributed by atoms with Crippen LogP contribution < -0.4 is 0 Å². The smallest absolute Gasteiger partial charge is 0.336 e. The van der Waals surface area contributed by atoms with E-state index in [1.165, 1.54) is 6.42 Å². The first kappa shape index (κ1) is 17.6. The molecule has 3 nitrogen and oxygen atoms in total. The predicted molar refractivity (Wildman–Crippen MR) is 104 cm³/mol. The summed E-state index contributed by atoms with van der Waals surface area (Å²) in [5.74, 6) is -0.192. The Morgan fingerprint density at radius 3 is 2.46 bits per heavy atom. The Bertz CT molecular complexity index is 842. The van der Waals surface area contributed by atoms with Crippen LogP contribution in [0.15, 0.2) is 42.5 Å². The number of likely N-dealkylation sites (tertiary alicyclic amines) is 1. The fourth-order valence-corrected chi connectivity index (χ4v) is 4.62. The van der Waals surface area contributed by atoms with E-state index in [9.17, 15) is 4.79 Å². The molecule has 4 heteroatoms. The molecule has 0 amide bonds. The van der Waals surface area contributed by atoms with E-state index < -0.39 is 5.54 Å². The quantitative estimate of drug-likeness (QED) is 0.713. The van der Waals surface area contributed by atoms with Gasteiger partial charge in [-0.3, -0.25) is 4.90 Å². The number of ether oxygens (including phenoxy) is 1. The van der Waals surface area contributed by atoms with Crippen LogP contribution in [0, 0.1) is 0 Å². The molecule has 2 aliphatic rings. The molecule has 2 aromatic carbocycles. The lowest BCUT2D eigenvalue weighted by molar-refractivity contribution is -0.161. The number of piperidine rings is 1. The molecule has 0 spiro atoms. The van der Waals surface area contributed by atoms with Gasteiger partial charge in [-0.25, -0.2) is 4.79 Å². The average Bonchev–Trinajstić information content (AvgIpc) is 2.92. The van der Waals surface area contributed by atoms with E-state index in [1.807, 2.05) is 44.2 Å². The number of rotatable bonds is 3. The molecule has 0 unspecified atom stereocenters. The van der Waals surface area contributed by atoms with E-state index in [0.29, 0.717) is 5.02 Å². The van der Waals surface area contributed by atoms with Crippen LogP contribution in [0.5, 0.6) is 0 Å². The van der Waals surface area contributed by atoms with Crippen LogP contribution in [0.1, 0.15) is 44.2 Å². The zero-order valence-corrected chi connectivity index (χ0v) is 16.1. The highest BCUT2D eigenvalue weighted by atomic mass is 35.5. The maximum atomic E-state index is 13.6. The summed E-state index contributed by atoms with van der Waals surface area (Å²) < 4.78 is 5.82. The van der Waals surface area contributed by atoms with Crippen molar-refractivity contribution in [3.63, 3.8) is 0 Å². The molecular weight excluding hydrogens is 346 g/mol. The predicted octanol–water partition coefficient (Wildman–Crippen LogP) is 5.00. The first-order chi connectivity index (χ1) is 12.5. The van der Waals surface area contributed by atoms with Crippen LogP contribution in [0.2, 0.25) is 5.02 Å². The first-order valence-corrected chi connectivity index (χ1v) is 9.79. The van der Waals surface area contributed by atoms with Crippen LogP contribution in [-0.2, 0) is 15.1 Å². The summed E-state index contributed by atoms with van der Waals surface area (Å²) in [6, 6.07) is 14.1. The van der Waals surface area contributed by atoms with E-state index >= 15 is 0 Å². The monoisotopic (exact) mass is 369 g/mol. The first-order valence-electron chi connectivity index (χ1n) is 9.41. The highest BCUT2D eigenvalue weighted by Gasteiger charge is 2.55. The van der Waals surface area contributed by atoms with E-state index in [1.54, 1.807) is 0 Å². The lowest BCUT2D eigenvalue weighted by Crippen LogP contribution is -2.54. The van der Waals surface area contributed by atoms with Gasteiger partial charge in [-0.1, -0.05) is 48.4 Å². The van der Waals surface area contributed by atoms with Crippen LogP contribution in [0.3, 0.4) is 0 Å². The molecule has 1 saturated heterocycles. The van der Waals surface area contributed by atoms with Crippen molar-refractivity contribution in [2.75, 3.05) is 13.1 Å². The summed E-state index contributed by atoms with van der Waals surface area (Å²) in [5, 5.41) is 0.648. The third-order valence-corrected chi connectivity index (χ3v) is 5.68. The molecule has 0 N–H and O–H groups in total. The lowest BCUT2D eigenvalue weighted by atomic mass is 9.84. The Morgan fingerprint density at radius 2 is 1.73 bits per heavy atom. The van der Waals surface area contributed by atoms with Gasteiger partial charge in [-0.15, -0.1) is 0 Å². The van der Waals surface area contributed by atoms with Gasteiger partial charge in [0, 0.05) is 5.02 Å². The van der Waals surface area contributed by atoms with Crippen LogP contribution >= 0.6 is 11.6 Å². The lowest BCUT2D eigenvalue weighted by Gasteiger charge is -2.43. The number of fused-ring (bicyclic) bond motifs is 3. The van der Waals surface area contributed by atoms with Gasteiger partial charge in [-0.05, 0) is 74.2 Å². The molecule has 1 aliphatic carbocycles. The van der Waals surface area contributed by atoms with Gasteiger partial charge in [0.25, 0.3) is 0 Å². The molecule has 1 aliphatic heterocycles. The fraction of sp³-hybridized carbons (Fsp3) is 0.409. The molecule has 2 aromatic rings. The molecule has 0 saturated carbocycles. The van der Waals surface area contributed by atoms with Crippen molar-refractivity contribution in [2.24, 2.45) is 0 Å². The largest absolute Gasteiger partial charge is 0.461 e. The second-order valence-corrected chi connectivity index (χ2v) is 7.88. The van der Waals surface area contributed by atoms with Crippen molar-refractivity contribution < 1.29 is 9.53 Å². The van der Waals surface area contributed by atoms with E-state index in [-0.39, 0.29) is 12.1 Å². The van der Waals surface area contributed by atoms with E-state index in [2.05, 4.69) is 17.0 Å². The molecule has 1 heterocycles. The minimum Gasteiger partial charge on any atom is -0.461 e. The standard InChI is InChI=1S/C22H24ClNO2/c1-15(2)26-21(25)22(24-12-6-3-7-13-24)19-9-5-4-8-17(19)18-11-10-16(23)14-20(18)22/h4-5,8-11,14-15H,3,6-7,12-13H2,1-2H3/t22-/m0/s1. The van der Waals surface area contributed by atoms with Crippen molar-refractivity contribution in [1.82, 2.24) is 4.90 Å². The summed E-state index contributed by atoms with van der Waals surface area (Å²) in [4.78, 5) is 15.9. The van der Waals surface area contributed by atoms with Gasteiger partial charge in [0.2, 0.25) is 0 Å². The number of carbonyl (C=O) groups is 1. The van der Waals surface area contributed by atoms with Gasteiger partial charge in [0.1, 0.15) is 0 Å². The second-order valence-electron chi connectivity index (χ2n) is 7.45. The Balaban J connectivity index is 2.00. The van der Waals surface area contributed by atoms with Gasteiger partial charge in [0.15, 0.2) is 5.54 Å². The molecule has 4 rings (SSSR count).